The number of morpholine rings is 1. The molecule has 3 aromatic carbocycles. The zero-order valence-electron chi connectivity index (χ0n) is 24.9. The molecule has 6 rings (SSSR count). The van der Waals surface area contributed by atoms with E-state index in [-0.39, 0.29) is 13.2 Å². The summed E-state index contributed by atoms with van der Waals surface area (Å²) in [5, 5.41) is 40.4. The lowest BCUT2D eigenvalue weighted by atomic mass is 9.91. The van der Waals surface area contributed by atoms with Crippen molar-refractivity contribution in [2.24, 2.45) is 5.92 Å². The number of aliphatic hydroxyl groups is 3. The van der Waals surface area contributed by atoms with E-state index in [2.05, 4.69) is 46.4 Å². The fourth-order valence-corrected chi connectivity index (χ4v) is 5.54. The first-order chi connectivity index (χ1) is 21.4. The Morgan fingerprint density at radius 1 is 0.841 bits per heavy atom. The lowest BCUT2D eigenvalue weighted by Crippen LogP contribution is -2.39. The zero-order valence-corrected chi connectivity index (χ0v) is 24.9. The van der Waals surface area contributed by atoms with Gasteiger partial charge in [-0.1, -0.05) is 30.3 Å². The molecule has 230 valence electrons. The maximum atomic E-state index is 10.2. The number of fused-ring (bicyclic) bond motifs is 1. The van der Waals surface area contributed by atoms with Gasteiger partial charge < -0.3 is 28.9 Å². The minimum Gasteiger partial charge on any atom is -0.436 e. The van der Waals surface area contributed by atoms with E-state index in [4.69, 9.17) is 18.6 Å². The SMILES string of the molecule is Cc1c(-c2nnc(CN3CCOCC3)o2)cccc1-c1cccc(-c2nc3cc(CNC(O)C(CO)CO)ccc3o2)c1C. The number of nitrogens with one attached hydrogen (secondary N) is 1. The van der Waals surface area contributed by atoms with Crippen LogP contribution >= 0.6 is 0 Å². The summed E-state index contributed by atoms with van der Waals surface area (Å²) in [5.41, 5.74) is 8.20. The first-order valence-electron chi connectivity index (χ1n) is 14.8. The molecule has 0 saturated carbocycles. The predicted octanol–water partition coefficient (Wildman–Crippen LogP) is 3.67. The summed E-state index contributed by atoms with van der Waals surface area (Å²) in [6.07, 6.45) is -1.03. The maximum Gasteiger partial charge on any atom is 0.248 e. The molecule has 1 fully saturated rings. The van der Waals surface area contributed by atoms with Gasteiger partial charge in [0.1, 0.15) is 11.7 Å². The highest BCUT2D eigenvalue weighted by atomic mass is 16.5. The van der Waals surface area contributed by atoms with Crippen LogP contribution in [0.15, 0.2) is 63.4 Å². The van der Waals surface area contributed by atoms with Crippen molar-refractivity contribution in [2.75, 3.05) is 39.5 Å². The highest BCUT2D eigenvalue weighted by Gasteiger charge is 2.20. The Labute approximate surface area is 255 Å². The van der Waals surface area contributed by atoms with Crippen LogP contribution in [-0.4, -0.2) is 81.1 Å². The van der Waals surface area contributed by atoms with Crippen molar-refractivity contribution >= 4 is 11.1 Å². The second-order valence-corrected chi connectivity index (χ2v) is 11.1. The third kappa shape index (κ3) is 6.29. The fourth-order valence-electron chi connectivity index (χ4n) is 5.54. The third-order valence-corrected chi connectivity index (χ3v) is 8.23. The molecule has 3 heterocycles. The van der Waals surface area contributed by atoms with Crippen LogP contribution in [0, 0.1) is 19.8 Å². The summed E-state index contributed by atoms with van der Waals surface area (Å²) in [7, 11) is 0. The molecule has 44 heavy (non-hydrogen) atoms. The van der Waals surface area contributed by atoms with Gasteiger partial charge in [0.05, 0.1) is 33.0 Å². The van der Waals surface area contributed by atoms with Crippen molar-refractivity contribution < 1.29 is 28.9 Å². The largest absolute Gasteiger partial charge is 0.436 e. The lowest BCUT2D eigenvalue weighted by Gasteiger charge is -2.24. The van der Waals surface area contributed by atoms with Gasteiger partial charge in [0, 0.05) is 36.7 Å². The molecule has 11 nitrogen and oxygen atoms in total. The molecule has 1 aliphatic rings. The van der Waals surface area contributed by atoms with Crippen molar-refractivity contribution in [3.63, 3.8) is 0 Å². The summed E-state index contributed by atoms with van der Waals surface area (Å²) in [6, 6.07) is 17.8. The molecule has 0 radical (unpaired) electrons. The van der Waals surface area contributed by atoms with Crippen LogP contribution in [0.2, 0.25) is 0 Å². The predicted molar refractivity (Wildman–Crippen MR) is 164 cm³/mol. The van der Waals surface area contributed by atoms with Gasteiger partial charge in [0.2, 0.25) is 17.7 Å². The first kappa shape index (κ1) is 30.1. The van der Waals surface area contributed by atoms with E-state index in [9.17, 15) is 15.3 Å². The van der Waals surface area contributed by atoms with Crippen LogP contribution in [0.5, 0.6) is 0 Å². The van der Waals surface area contributed by atoms with Gasteiger partial charge in [-0.2, -0.15) is 0 Å². The molecule has 1 atom stereocenters. The number of rotatable bonds is 11. The van der Waals surface area contributed by atoms with Crippen molar-refractivity contribution in [2.45, 2.75) is 33.2 Å². The molecular weight excluding hydrogens is 562 g/mol. The van der Waals surface area contributed by atoms with Crippen molar-refractivity contribution in [3.8, 4) is 34.0 Å². The molecule has 11 heteroatoms. The summed E-state index contributed by atoms with van der Waals surface area (Å²) >= 11 is 0. The van der Waals surface area contributed by atoms with Crippen LogP contribution < -0.4 is 5.32 Å². The molecule has 1 saturated heterocycles. The van der Waals surface area contributed by atoms with Gasteiger partial charge >= 0.3 is 0 Å². The van der Waals surface area contributed by atoms with Crippen molar-refractivity contribution in [3.05, 3.63) is 77.2 Å². The average molecular weight is 600 g/mol. The highest BCUT2D eigenvalue weighted by Crippen LogP contribution is 2.37. The molecule has 0 amide bonds. The Balaban J connectivity index is 1.24. The Bertz CT molecular complexity index is 1720. The van der Waals surface area contributed by atoms with Gasteiger partial charge in [-0.25, -0.2) is 4.98 Å². The number of aliphatic hydroxyl groups excluding tert-OH is 3. The number of ether oxygens (including phenoxy) is 1. The number of hydrogen-bond acceptors (Lipinski definition) is 11. The smallest absolute Gasteiger partial charge is 0.248 e. The number of aromatic nitrogens is 3. The van der Waals surface area contributed by atoms with E-state index < -0.39 is 12.1 Å². The topological polar surface area (TPSA) is 150 Å². The third-order valence-electron chi connectivity index (χ3n) is 8.23. The normalized spacial score (nSPS) is 15.0. The van der Waals surface area contributed by atoms with Crippen LogP contribution in [0.1, 0.15) is 22.6 Å². The van der Waals surface area contributed by atoms with E-state index in [0.717, 1.165) is 52.0 Å². The molecule has 0 spiro atoms. The first-order valence-corrected chi connectivity index (χ1v) is 14.8. The molecule has 1 unspecified atom stereocenters. The van der Waals surface area contributed by atoms with Gasteiger partial charge in [0.25, 0.3) is 0 Å². The lowest BCUT2D eigenvalue weighted by molar-refractivity contribution is 0.0106. The minimum absolute atomic E-state index is 0.314. The monoisotopic (exact) mass is 599 g/mol. The Morgan fingerprint density at radius 3 is 2.18 bits per heavy atom. The second kappa shape index (κ2) is 13.3. The summed E-state index contributed by atoms with van der Waals surface area (Å²) in [5.74, 6) is 0.960. The van der Waals surface area contributed by atoms with Gasteiger partial charge in [-0.3, -0.25) is 10.2 Å². The number of hydrogen-bond donors (Lipinski definition) is 4. The van der Waals surface area contributed by atoms with E-state index in [1.807, 2.05) is 42.5 Å². The molecule has 0 aliphatic carbocycles. The summed E-state index contributed by atoms with van der Waals surface area (Å²) in [4.78, 5) is 7.04. The van der Waals surface area contributed by atoms with E-state index in [0.29, 0.717) is 55.1 Å². The molecule has 5 aromatic rings. The highest BCUT2D eigenvalue weighted by molar-refractivity contribution is 5.83. The van der Waals surface area contributed by atoms with Crippen LogP contribution in [0.3, 0.4) is 0 Å². The molecular formula is C33H37N5O6. The van der Waals surface area contributed by atoms with E-state index in [1.54, 1.807) is 0 Å². The quantitative estimate of drug-likeness (QED) is 0.165. The Hall–Kier alpha value is -3.97. The molecule has 2 aromatic heterocycles. The van der Waals surface area contributed by atoms with Gasteiger partial charge in [0.15, 0.2) is 5.58 Å². The standard InChI is InChI=1S/C33H37N5O6/c1-20-24(25-6-4-8-27(21(25)2)33-37-36-30(44-33)17-38-11-13-42-14-12-38)5-3-7-26(20)32-35-28-15-22(9-10-29(28)43-32)16-34-31(41)23(18-39)19-40/h3-10,15,23,31,34,39-41H,11-14,16-19H2,1-2H3. The number of benzene rings is 3. The average Bonchev–Trinajstić information content (AvgIpc) is 3.68. The van der Waals surface area contributed by atoms with Crippen molar-refractivity contribution in [1.29, 1.82) is 0 Å². The molecule has 0 bridgehead atoms. The Morgan fingerprint density at radius 2 is 1.50 bits per heavy atom. The van der Waals surface area contributed by atoms with Crippen molar-refractivity contribution in [1.82, 2.24) is 25.4 Å². The maximum absolute atomic E-state index is 10.2. The van der Waals surface area contributed by atoms with E-state index in [1.165, 1.54) is 0 Å². The summed E-state index contributed by atoms with van der Waals surface area (Å²) in [6.45, 7) is 7.58. The fraction of sp³-hybridized carbons (Fsp3) is 0.364. The molecule has 1 aliphatic heterocycles. The molecule has 4 N–H and O–H groups in total. The zero-order chi connectivity index (χ0) is 30.6. The van der Waals surface area contributed by atoms with Crippen LogP contribution in [0.4, 0.5) is 0 Å². The number of oxazole rings is 1. The van der Waals surface area contributed by atoms with Crippen LogP contribution in [-0.2, 0) is 17.8 Å². The second-order valence-electron chi connectivity index (χ2n) is 11.1. The van der Waals surface area contributed by atoms with E-state index >= 15 is 0 Å². The Kier molecular flexibility index (Phi) is 9.12. The van der Waals surface area contributed by atoms with Gasteiger partial charge in [-0.05, 0) is 65.9 Å². The summed E-state index contributed by atoms with van der Waals surface area (Å²) < 4.78 is 17.7. The number of nitrogens with zero attached hydrogens (tertiary/aromatic N) is 4. The van der Waals surface area contributed by atoms with Gasteiger partial charge in [-0.15, -0.1) is 10.2 Å². The minimum atomic E-state index is -1.03. The van der Waals surface area contributed by atoms with Crippen LogP contribution in [0.25, 0.3) is 45.1 Å².